The minimum atomic E-state index is -3.52. The lowest BCUT2D eigenvalue weighted by atomic mass is 10.3. The zero-order valence-corrected chi connectivity index (χ0v) is 18.9. The van der Waals surface area contributed by atoms with Gasteiger partial charge in [-0.3, -0.25) is 4.79 Å². The molecule has 10 heteroatoms. The molecule has 0 spiro atoms. The Morgan fingerprint density at radius 2 is 1.77 bits per heavy atom. The number of hydrogen-bond donors (Lipinski definition) is 1. The van der Waals surface area contributed by atoms with Gasteiger partial charge in [-0.05, 0) is 55.5 Å². The van der Waals surface area contributed by atoms with Gasteiger partial charge in [0.1, 0.15) is 22.2 Å². The number of ether oxygens (including phenoxy) is 1. The summed E-state index contributed by atoms with van der Waals surface area (Å²) in [6.07, 6.45) is 0. The summed E-state index contributed by atoms with van der Waals surface area (Å²) in [5, 5.41) is 4.06. The van der Waals surface area contributed by atoms with Crippen LogP contribution in [0.1, 0.15) is 20.4 Å². The standard InChI is InChI=1S/C20H20ClN3O4S2/c1-13-19(29-18(22-13)12-28-16-8-4-14(21)5-9-16)20(25)23-15-6-10-17(11-7-15)30(26,27)24(2)3/h4-11H,12H2,1-3H3,(H,23,25). The van der Waals surface area contributed by atoms with Gasteiger partial charge in [-0.15, -0.1) is 11.3 Å². The third-order valence-electron chi connectivity index (χ3n) is 4.11. The number of nitrogens with one attached hydrogen (secondary N) is 1. The van der Waals surface area contributed by atoms with E-state index in [1.54, 1.807) is 43.3 Å². The first-order valence-corrected chi connectivity index (χ1v) is 11.5. The van der Waals surface area contributed by atoms with Crippen molar-refractivity contribution in [2.75, 3.05) is 19.4 Å². The van der Waals surface area contributed by atoms with Crippen LogP contribution in [0, 0.1) is 6.92 Å². The molecular formula is C20H20ClN3O4S2. The molecule has 0 saturated carbocycles. The van der Waals surface area contributed by atoms with Gasteiger partial charge < -0.3 is 10.1 Å². The number of amides is 1. The van der Waals surface area contributed by atoms with Crippen molar-refractivity contribution in [1.29, 1.82) is 0 Å². The van der Waals surface area contributed by atoms with E-state index in [4.69, 9.17) is 16.3 Å². The number of sulfonamides is 1. The fraction of sp³-hybridized carbons (Fsp3) is 0.200. The molecule has 3 aromatic rings. The zero-order valence-electron chi connectivity index (χ0n) is 16.5. The van der Waals surface area contributed by atoms with Crippen molar-refractivity contribution >= 4 is 44.6 Å². The normalized spacial score (nSPS) is 11.5. The second-order valence-corrected chi connectivity index (χ2v) is 10.2. The zero-order chi connectivity index (χ0) is 21.9. The maximum absolute atomic E-state index is 12.6. The summed E-state index contributed by atoms with van der Waals surface area (Å²) >= 11 is 7.10. The molecule has 1 aromatic heterocycles. The Labute approximate surface area is 184 Å². The molecule has 0 radical (unpaired) electrons. The first-order valence-electron chi connectivity index (χ1n) is 8.85. The van der Waals surface area contributed by atoms with E-state index < -0.39 is 10.0 Å². The Morgan fingerprint density at radius 3 is 2.37 bits per heavy atom. The van der Waals surface area contributed by atoms with Gasteiger partial charge in [0.2, 0.25) is 10.0 Å². The van der Waals surface area contributed by atoms with Crippen molar-refractivity contribution in [2.24, 2.45) is 0 Å². The molecule has 1 N–H and O–H groups in total. The van der Waals surface area contributed by atoms with E-state index in [-0.39, 0.29) is 17.4 Å². The number of halogens is 1. The second kappa shape index (κ2) is 9.13. The molecule has 0 unspecified atom stereocenters. The number of anilines is 1. The maximum Gasteiger partial charge on any atom is 0.267 e. The predicted molar refractivity (Wildman–Crippen MR) is 118 cm³/mol. The van der Waals surface area contributed by atoms with E-state index >= 15 is 0 Å². The van der Waals surface area contributed by atoms with Gasteiger partial charge in [-0.1, -0.05) is 11.6 Å². The number of carbonyl (C=O) groups is 1. The van der Waals surface area contributed by atoms with Crippen molar-refractivity contribution in [3.63, 3.8) is 0 Å². The lowest BCUT2D eigenvalue weighted by Crippen LogP contribution is -2.22. The number of thiazole rings is 1. The highest BCUT2D eigenvalue weighted by Gasteiger charge is 2.18. The highest BCUT2D eigenvalue weighted by Crippen LogP contribution is 2.23. The van der Waals surface area contributed by atoms with Gasteiger partial charge >= 0.3 is 0 Å². The van der Waals surface area contributed by atoms with Crippen LogP contribution in [0.2, 0.25) is 5.02 Å². The van der Waals surface area contributed by atoms with Gasteiger partial charge in [0.05, 0.1) is 10.6 Å². The van der Waals surface area contributed by atoms with Crippen LogP contribution in [0.25, 0.3) is 0 Å². The molecule has 3 rings (SSSR count). The number of aryl methyl sites for hydroxylation is 1. The molecule has 0 atom stereocenters. The highest BCUT2D eigenvalue weighted by molar-refractivity contribution is 7.89. The molecule has 158 valence electrons. The summed E-state index contributed by atoms with van der Waals surface area (Å²) in [4.78, 5) is 17.6. The van der Waals surface area contributed by atoms with E-state index in [9.17, 15) is 13.2 Å². The first-order chi connectivity index (χ1) is 14.2. The van der Waals surface area contributed by atoms with Crippen LogP contribution in [-0.2, 0) is 16.6 Å². The number of nitrogens with zero attached hydrogens (tertiary/aromatic N) is 2. The van der Waals surface area contributed by atoms with Crippen molar-refractivity contribution < 1.29 is 17.9 Å². The van der Waals surface area contributed by atoms with E-state index in [0.717, 1.165) is 4.31 Å². The maximum atomic E-state index is 12.6. The molecule has 0 fully saturated rings. The van der Waals surface area contributed by atoms with E-state index in [1.165, 1.54) is 37.6 Å². The molecule has 0 aliphatic rings. The van der Waals surface area contributed by atoms with Crippen LogP contribution in [-0.4, -0.2) is 37.7 Å². The van der Waals surface area contributed by atoms with E-state index in [0.29, 0.717) is 32.0 Å². The molecule has 7 nitrogen and oxygen atoms in total. The van der Waals surface area contributed by atoms with Crippen molar-refractivity contribution in [3.8, 4) is 5.75 Å². The lowest BCUT2D eigenvalue weighted by Gasteiger charge is -2.11. The van der Waals surface area contributed by atoms with Crippen LogP contribution in [0.3, 0.4) is 0 Å². The molecule has 0 aliphatic heterocycles. The summed E-state index contributed by atoms with van der Waals surface area (Å²) in [5.41, 5.74) is 1.09. The molecule has 2 aromatic carbocycles. The Balaban J connectivity index is 1.66. The summed E-state index contributed by atoms with van der Waals surface area (Å²) < 4.78 is 31.1. The third kappa shape index (κ3) is 5.17. The molecule has 0 aliphatic carbocycles. The Hall–Kier alpha value is -2.46. The number of aromatic nitrogens is 1. The summed E-state index contributed by atoms with van der Waals surface area (Å²) in [6.45, 7) is 1.99. The van der Waals surface area contributed by atoms with Crippen LogP contribution in [0.15, 0.2) is 53.4 Å². The molecule has 30 heavy (non-hydrogen) atoms. The number of hydrogen-bond acceptors (Lipinski definition) is 6. The molecule has 0 bridgehead atoms. The molecule has 1 amide bonds. The number of carbonyl (C=O) groups excluding carboxylic acids is 1. The summed E-state index contributed by atoms with van der Waals surface area (Å²) in [6, 6.07) is 13.0. The van der Waals surface area contributed by atoms with Crippen LogP contribution in [0.5, 0.6) is 5.75 Å². The van der Waals surface area contributed by atoms with Gasteiger partial charge in [0, 0.05) is 24.8 Å². The predicted octanol–water partition coefficient (Wildman–Crippen LogP) is 4.19. The Bertz CT molecular complexity index is 1140. The quantitative estimate of drug-likeness (QED) is 0.565. The minimum absolute atomic E-state index is 0.154. The number of rotatable bonds is 7. The molecule has 1 heterocycles. The number of benzene rings is 2. The van der Waals surface area contributed by atoms with Crippen LogP contribution >= 0.6 is 22.9 Å². The van der Waals surface area contributed by atoms with Crippen molar-refractivity contribution in [1.82, 2.24) is 9.29 Å². The lowest BCUT2D eigenvalue weighted by molar-refractivity contribution is 0.103. The highest BCUT2D eigenvalue weighted by atomic mass is 35.5. The Morgan fingerprint density at radius 1 is 1.13 bits per heavy atom. The topological polar surface area (TPSA) is 88.6 Å². The largest absolute Gasteiger partial charge is 0.486 e. The van der Waals surface area contributed by atoms with Crippen LogP contribution < -0.4 is 10.1 Å². The Kier molecular flexibility index (Phi) is 6.77. The fourth-order valence-corrected chi connectivity index (χ4v) is 4.41. The second-order valence-electron chi connectivity index (χ2n) is 6.53. The van der Waals surface area contributed by atoms with Gasteiger partial charge in [0.25, 0.3) is 5.91 Å². The fourth-order valence-electron chi connectivity index (χ4n) is 2.51. The average molecular weight is 466 g/mol. The molecule has 0 saturated heterocycles. The summed E-state index contributed by atoms with van der Waals surface area (Å²) in [7, 11) is -0.590. The smallest absolute Gasteiger partial charge is 0.267 e. The van der Waals surface area contributed by atoms with E-state index in [2.05, 4.69) is 10.3 Å². The first kappa shape index (κ1) is 22.2. The molecular weight excluding hydrogens is 446 g/mol. The minimum Gasteiger partial charge on any atom is -0.486 e. The van der Waals surface area contributed by atoms with Gasteiger partial charge in [-0.2, -0.15) is 0 Å². The van der Waals surface area contributed by atoms with Crippen molar-refractivity contribution in [3.05, 3.63) is 69.1 Å². The SMILES string of the molecule is Cc1nc(COc2ccc(Cl)cc2)sc1C(=O)Nc1ccc(S(=O)(=O)N(C)C)cc1. The van der Waals surface area contributed by atoms with E-state index in [1.807, 2.05) is 0 Å². The van der Waals surface area contributed by atoms with Gasteiger partial charge in [0.15, 0.2) is 0 Å². The van der Waals surface area contributed by atoms with Gasteiger partial charge in [-0.25, -0.2) is 17.7 Å². The van der Waals surface area contributed by atoms with Crippen LogP contribution in [0.4, 0.5) is 5.69 Å². The average Bonchev–Trinajstić information content (AvgIpc) is 3.08. The van der Waals surface area contributed by atoms with Crippen molar-refractivity contribution in [2.45, 2.75) is 18.4 Å². The summed E-state index contributed by atoms with van der Waals surface area (Å²) in [5.74, 6) is 0.344. The third-order valence-corrected chi connectivity index (χ3v) is 7.32. The monoisotopic (exact) mass is 465 g/mol.